The summed E-state index contributed by atoms with van der Waals surface area (Å²) in [6.07, 6.45) is 0. The number of ether oxygens (including phenoxy) is 1. The van der Waals surface area contributed by atoms with Crippen molar-refractivity contribution in [1.29, 1.82) is 0 Å². The summed E-state index contributed by atoms with van der Waals surface area (Å²) in [6.45, 7) is 0. The summed E-state index contributed by atoms with van der Waals surface area (Å²) in [7, 11) is 0. The van der Waals surface area contributed by atoms with Gasteiger partial charge < -0.3 is 9.64 Å². The molecule has 1 heterocycles. The van der Waals surface area contributed by atoms with Gasteiger partial charge in [0, 0.05) is 22.4 Å². The summed E-state index contributed by atoms with van der Waals surface area (Å²) < 4.78 is 7.31. The monoisotopic (exact) mass is 901 g/mol. The van der Waals surface area contributed by atoms with Crippen LogP contribution in [0.4, 0.5) is 17.1 Å². The van der Waals surface area contributed by atoms with Gasteiger partial charge in [0.1, 0.15) is 5.75 Å². The van der Waals surface area contributed by atoms with E-state index in [-0.39, 0.29) is 0 Å². The molecule has 0 N–H and O–H groups in total. The van der Waals surface area contributed by atoms with Crippen LogP contribution in [0.15, 0.2) is 261 Å². The Balaban J connectivity index is 1.08. The summed E-state index contributed by atoms with van der Waals surface area (Å²) in [5, 5.41) is 5.09. The number of anilines is 3. The molecule has 0 radical (unpaired) electrons. The number of hydrogen-bond donors (Lipinski definition) is 0. The molecular formula is C69H43NO. The van der Waals surface area contributed by atoms with E-state index in [1.807, 2.05) is 0 Å². The zero-order valence-electron chi connectivity index (χ0n) is 38.7. The lowest BCUT2D eigenvalue weighted by Gasteiger charge is -2.37. The third-order valence-electron chi connectivity index (χ3n) is 15.5. The molecule has 12 aromatic carbocycles. The highest BCUT2D eigenvalue weighted by Crippen LogP contribution is 2.65. The predicted molar refractivity (Wildman–Crippen MR) is 294 cm³/mol. The van der Waals surface area contributed by atoms with Gasteiger partial charge in [-0.3, -0.25) is 0 Å². The summed E-state index contributed by atoms with van der Waals surface area (Å²) in [5.41, 5.74) is 21.6. The maximum Gasteiger partial charge on any atom is 0.159 e. The summed E-state index contributed by atoms with van der Waals surface area (Å²) in [5.74, 6) is 1.64. The number of hydrogen-bond acceptors (Lipinski definition) is 2. The first-order chi connectivity index (χ1) is 35.3. The molecule has 0 saturated carbocycles. The number of fused-ring (bicyclic) bond motifs is 22. The second-order valence-electron chi connectivity index (χ2n) is 19.0. The van der Waals surface area contributed by atoms with Gasteiger partial charge in [0.15, 0.2) is 5.75 Å². The third kappa shape index (κ3) is 5.59. The zero-order valence-corrected chi connectivity index (χ0v) is 38.7. The van der Waals surface area contributed by atoms with Crippen LogP contribution in [0.2, 0.25) is 0 Å². The summed E-state index contributed by atoms with van der Waals surface area (Å²) in [4.78, 5) is 2.45. The van der Waals surface area contributed by atoms with Crippen LogP contribution in [0.1, 0.15) is 22.3 Å². The number of nitrogens with zero attached hydrogens (tertiary/aromatic N) is 1. The molecule has 0 aromatic heterocycles. The molecule has 0 saturated heterocycles. The first-order valence-electron chi connectivity index (χ1n) is 24.6. The van der Waals surface area contributed by atoms with Gasteiger partial charge in [-0.05, 0) is 124 Å². The highest BCUT2D eigenvalue weighted by atomic mass is 16.5. The van der Waals surface area contributed by atoms with Crippen LogP contribution < -0.4 is 9.64 Å². The second-order valence-corrected chi connectivity index (χ2v) is 19.0. The van der Waals surface area contributed by atoms with Gasteiger partial charge in [-0.1, -0.05) is 231 Å². The largest absolute Gasteiger partial charge is 0.454 e. The lowest BCUT2D eigenvalue weighted by molar-refractivity contribution is 0.489. The quantitative estimate of drug-likeness (QED) is 0.163. The fraction of sp³-hybridized carbons (Fsp3) is 0.0145. The van der Waals surface area contributed by atoms with Crippen molar-refractivity contribution in [2.75, 3.05) is 4.90 Å². The van der Waals surface area contributed by atoms with Gasteiger partial charge in [0.25, 0.3) is 0 Å². The second kappa shape index (κ2) is 15.4. The molecule has 71 heavy (non-hydrogen) atoms. The minimum atomic E-state index is -0.688. The van der Waals surface area contributed by atoms with Crippen molar-refractivity contribution in [3.05, 3.63) is 283 Å². The lowest BCUT2D eigenvalue weighted by atomic mass is 9.64. The molecule has 2 nitrogen and oxygen atoms in total. The summed E-state index contributed by atoms with van der Waals surface area (Å²) >= 11 is 0. The molecule has 1 unspecified atom stereocenters. The molecule has 0 amide bonds. The van der Waals surface area contributed by atoms with Crippen LogP contribution in [-0.4, -0.2) is 0 Å². The number of benzene rings is 12. The van der Waals surface area contributed by atoms with Crippen LogP contribution in [0.3, 0.4) is 0 Å². The highest BCUT2D eigenvalue weighted by Gasteiger charge is 2.51. The van der Waals surface area contributed by atoms with E-state index in [0.29, 0.717) is 0 Å². The molecule has 1 atom stereocenters. The SMILES string of the molecule is c1ccc(-c2ccccc2N(c2ccc3c(c2)-c2ccccc2-c2ccccc2C32c3ccccc3-c3c2c2ccccc2c2ccccc32)c2cccc3c2Oc2ccccc2-c2ccccc2-3)cc1. The molecule has 330 valence electrons. The molecule has 12 aromatic rings. The Bertz CT molecular complexity index is 4170. The Kier molecular flexibility index (Phi) is 8.61. The Labute approximate surface area is 413 Å². The molecule has 0 bridgehead atoms. The van der Waals surface area contributed by atoms with Crippen LogP contribution in [0.5, 0.6) is 11.5 Å². The molecule has 1 spiro atoms. The van der Waals surface area contributed by atoms with Gasteiger partial charge in [0.2, 0.25) is 0 Å². The average molecular weight is 902 g/mol. The van der Waals surface area contributed by atoms with Crippen LogP contribution >= 0.6 is 0 Å². The Hall–Kier alpha value is -9.24. The Morgan fingerprint density at radius 1 is 0.296 bits per heavy atom. The molecular weight excluding hydrogens is 859 g/mol. The van der Waals surface area contributed by atoms with Gasteiger partial charge in [-0.2, -0.15) is 0 Å². The maximum atomic E-state index is 7.31. The van der Waals surface area contributed by atoms with E-state index in [2.05, 4.69) is 266 Å². The van der Waals surface area contributed by atoms with E-state index < -0.39 is 5.41 Å². The molecule has 2 heteroatoms. The first-order valence-corrected chi connectivity index (χ1v) is 24.6. The minimum absolute atomic E-state index is 0.688. The summed E-state index contributed by atoms with van der Waals surface area (Å²) in [6, 6.07) is 96.3. The van der Waals surface area contributed by atoms with Crippen molar-refractivity contribution in [3.63, 3.8) is 0 Å². The molecule has 1 aliphatic heterocycles. The van der Waals surface area contributed by atoms with E-state index in [4.69, 9.17) is 4.74 Å². The number of rotatable bonds is 4. The fourth-order valence-corrected chi connectivity index (χ4v) is 12.7. The van der Waals surface area contributed by atoms with E-state index in [1.165, 1.54) is 77.2 Å². The van der Waals surface area contributed by atoms with Crippen molar-refractivity contribution >= 4 is 38.6 Å². The molecule has 15 rings (SSSR count). The van der Waals surface area contributed by atoms with E-state index in [1.54, 1.807) is 0 Å². The van der Waals surface area contributed by atoms with Crippen LogP contribution in [-0.2, 0) is 5.41 Å². The average Bonchev–Trinajstić information content (AvgIpc) is 3.61. The highest BCUT2D eigenvalue weighted by molar-refractivity contribution is 6.20. The van der Waals surface area contributed by atoms with Crippen molar-refractivity contribution in [2.45, 2.75) is 5.41 Å². The smallest absolute Gasteiger partial charge is 0.159 e. The minimum Gasteiger partial charge on any atom is -0.454 e. The lowest BCUT2D eigenvalue weighted by Crippen LogP contribution is -2.29. The molecule has 2 aliphatic carbocycles. The van der Waals surface area contributed by atoms with Crippen molar-refractivity contribution in [2.24, 2.45) is 0 Å². The number of para-hydroxylation sites is 3. The fourth-order valence-electron chi connectivity index (χ4n) is 12.7. The van der Waals surface area contributed by atoms with Gasteiger partial charge in [0.05, 0.1) is 16.8 Å². The molecule has 0 fully saturated rings. The van der Waals surface area contributed by atoms with E-state index in [9.17, 15) is 0 Å². The van der Waals surface area contributed by atoms with E-state index in [0.717, 1.165) is 61.9 Å². The Morgan fingerprint density at radius 3 is 1.52 bits per heavy atom. The van der Waals surface area contributed by atoms with Gasteiger partial charge >= 0.3 is 0 Å². The third-order valence-corrected chi connectivity index (χ3v) is 15.5. The zero-order chi connectivity index (χ0) is 46.6. The standard InChI is InChI=1S/C69H43NO/c1-2-21-44(22-3-1)46-23-14-18-38-63(46)70(64-39-20-35-57-51-28-6-5-25-48(51)54-31-15-19-40-65(54)71-68(57)64)45-41-42-62-59(43-45)52-29-7-4-24-47(52)53-30-12-16-36-60(53)69(62)61-37-17-13-34-58(61)66-55-32-10-8-26-49(55)50-27-9-11-33-56(50)67(66)69/h1-43H. The van der Waals surface area contributed by atoms with E-state index >= 15 is 0 Å². The topological polar surface area (TPSA) is 12.5 Å². The first kappa shape index (κ1) is 39.7. The van der Waals surface area contributed by atoms with Gasteiger partial charge in [-0.15, -0.1) is 0 Å². The van der Waals surface area contributed by atoms with Crippen LogP contribution in [0.25, 0.3) is 88.3 Å². The normalized spacial score (nSPS) is 14.4. The van der Waals surface area contributed by atoms with Crippen molar-refractivity contribution < 1.29 is 4.74 Å². The Morgan fingerprint density at radius 2 is 0.775 bits per heavy atom. The van der Waals surface area contributed by atoms with Crippen molar-refractivity contribution in [3.8, 4) is 78.3 Å². The van der Waals surface area contributed by atoms with Crippen LogP contribution in [0, 0.1) is 0 Å². The molecule has 3 aliphatic rings. The maximum absolute atomic E-state index is 7.31. The predicted octanol–water partition coefficient (Wildman–Crippen LogP) is 18.6. The van der Waals surface area contributed by atoms with Crippen molar-refractivity contribution in [1.82, 2.24) is 0 Å². The van der Waals surface area contributed by atoms with Gasteiger partial charge in [-0.25, -0.2) is 0 Å².